The van der Waals surface area contributed by atoms with Crippen LogP contribution in [0.2, 0.25) is 0 Å². The van der Waals surface area contributed by atoms with Gasteiger partial charge in [-0.2, -0.15) is 0 Å². The fourth-order valence-electron chi connectivity index (χ4n) is 4.39. The van der Waals surface area contributed by atoms with Gasteiger partial charge in [-0.05, 0) is 59.7 Å². The summed E-state index contributed by atoms with van der Waals surface area (Å²) in [6.45, 7) is 13.1. The zero-order valence-corrected chi connectivity index (χ0v) is 18.8. The number of piperazine rings is 1. The first-order valence-electron chi connectivity index (χ1n) is 11.5. The summed E-state index contributed by atoms with van der Waals surface area (Å²) in [7, 11) is 0. The number of aryl methyl sites for hydroxylation is 1. The summed E-state index contributed by atoms with van der Waals surface area (Å²) in [5.74, 6) is 0.568. The number of benzene rings is 2. The van der Waals surface area contributed by atoms with Crippen LogP contribution in [-0.2, 0) is 6.42 Å². The van der Waals surface area contributed by atoms with Gasteiger partial charge in [0.25, 0.3) is 0 Å². The number of rotatable bonds is 6. The molecule has 0 aromatic heterocycles. The maximum atomic E-state index is 10.5. The maximum Gasteiger partial charge on any atom is 0.0851 e. The monoisotopic (exact) mass is 417 g/mol. The van der Waals surface area contributed by atoms with Gasteiger partial charge in [0.1, 0.15) is 0 Å². The molecule has 2 aliphatic heterocycles. The Balaban J connectivity index is 1.26. The Bertz CT molecular complexity index is 924. The Labute approximate surface area is 186 Å². The average molecular weight is 418 g/mol. The van der Waals surface area contributed by atoms with E-state index in [-0.39, 0.29) is 0 Å². The second-order valence-corrected chi connectivity index (χ2v) is 9.11. The van der Waals surface area contributed by atoms with E-state index in [1.807, 2.05) is 12.2 Å². The molecule has 2 aliphatic rings. The first-order valence-corrected chi connectivity index (χ1v) is 11.5. The number of aliphatic hydroxyl groups is 1. The van der Waals surface area contributed by atoms with E-state index in [9.17, 15) is 5.11 Å². The molecule has 0 radical (unpaired) electrons. The molecule has 0 unspecified atom stereocenters. The predicted molar refractivity (Wildman–Crippen MR) is 132 cm³/mol. The highest BCUT2D eigenvalue weighted by atomic mass is 16.3. The predicted octanol–water partition coefficient (Wildman–Crippen LogP) is 4.88. The van der Waals surface area contributed by atoms with E-state index in [1.54, 1.807) is 0 Å². The molecule has 1 atom stereocenters. The maximum absolute atomic E-state index is 10.5. The lowest BCUT2D eigenvalue weighted by atomic mass is 9.99. The summed E-state index contributed by atoms with van der Waals surface area (Å²) in [5, 5.41) is 13.9. The van der Waals surface area contributed by atoms with Gasteiger partial charge < -0.3 is 15.3 Å². The van der Waals surface area contributed by atoms with E-state index < -0.39 is 6.10 Å². The first kappa shape index (κ1) is 21.7. The van der Waals surface area contributed by atoms with Gasteiger partial charge in [0.05, 0.1) is 6.10 Å². The van der Waals surface area contributed by atoms with Crippen LogP contribution in [0.4, 0.5) is 11.4 Å². The van der Waals surface area contributed by atoms with Crippen molar-refractivity contribution in [1.82, 2.24) is 4.90 Å². The fourth-order valence-corrected chi connectivity index (χ4v) is 4.39. The third-order valence-corrected chi connectivity index (χ3v) is 6.39. The van der Waals surface area contributed by atoms with Crippen LogP contribution in [0.1, 0.15) is 42.9 Å². The van der Waals surface area contributed by atoms with Crippen LogP contribution < -0.4 is 10.2 Å². The third-order valence-electron chi connectivity index (χ3n) is 6.39. The Morgan fingerprint density at radius 1 is 1.03 bits per heavy atom. The number of allylic oxidation sites excluding steroid dienone is 1. The molecular weight excluding hydrogens is 382 g/mol. The molecule has 4 nitrogen and oxygen atoms in total. The number of hydrogen-bond acceptors (Lipinski definition) is 4. The number of anilines is 2. The molecule has 0 saturated carbocycles. The van der Waals surface area contributed by atoms with Crippen LogP contribution in [0.25, 0.3) is 6.08 Å². The van der Waals surface area contributed by atoms with Crippen molar-refractivity contribution < 1.29 is 5.11 Å². The Hall–Kier alpha value is -2.56. The molecule has 31 heavy (non-hydrogen) atoms. The molecule has 2 N–H and O–H groups in total. The molecule has 1 saturated heterocycles. The average Bonchev–Trinajstić information content (AvgIpc) is 2.78. The highest BCUT2D eigenvalue weighted by molar-refractivity contribution is 5.63. The van der Waals surface area contributed by atoms with Crippen LogP contribution in [-0.4, -0.2) is 48.8 Å². The van der Waals surface area contributed by atoms with E-state index in [0.29, 0.717) is 12.5 Å². The summed E-state index contributed by atoms with van der Waals surface area (Å²) < 4.78 is 0. The Kier molecular flexibility index (Phi) is 6.79. The highest BCUT2D eigenvalue weighted by Gasteiger charge is 2.19. The summed E-state index contributed by atoms with van der Waals surface area (Å²) >= 11 is 0. The quantitative estimate of drug-likeness (QED) is 0.703. The van der Waals surface area contributed by atoms with Gasteiger partial charge in [0, 0.05) is 49.8 Å². The Morgan fingerprint density at radius 3 is 2.48 bits per heavy atom. The minimum Gasteiger partial charge on any atom is -0.388 e. The number of aliphatic hydroxyl groups excluding tert-OH is 1. The van der Waals surface area contributed by atoms with Crippen molar-refractivity contribution in [3.8, 4) is 0 Å². The zero-order chi connectivity index (χ0) is 21.8. The van der Waals surface area contributed by atoms with Gasteiger partial charge in [-0.1, -0.05) is 50.8 Å². The normalized spacial score (nSPS) is 18.3. The molecule has 1 fully saturated rings. The SMILES string of the molecule is C=C1CCc2cc(/C=C/[C@H](O)CN3CCN(c4ccc(C(C)C)cc4)CC3)ccc2N1. The lowest BCUT2D eigenvalue weighted by Gasteiger charge is -2.36. The summed E-state index contributed by atoms with van der Waals surface area (Å²) in [5.41, 5.74) is 7.39. The standard InChI is InChI=1S/C27H35N3O/c1-20(2)23-8-10-25(11-9-23)30-16-14-29(15-17-30)19-26(31)12-5-22-6-13-27-24(18-22)7-4-21(3)28-27/h5-6,8-13,18,20,26,28,31H,3-4,7,14-17,19H2,1-2H3/b12-5+/t26-/m0/s1. The van der Waals surface area contributed by atoms with Crippen molar-refractivity contribution in [2.75, 3.05) is 42.9 Å². The van der Waals surface area contributed by atoms with Gasteiger partial charge in [0.15, 0.2) is 0 Å². The van der Waals surface area contributed by atoms with Crippen molar-refractivity contribution >= 4 is 17.5 Å². The van der Waals surface area contributed by atoms with E-state index in [1.165, 1.54) is 16.8 Å². The largest absolute Gasteiger partial charge is 0.388 e. The second kappa shape index (κ2) is 9.71. The number of β-amino-alcohol motifs (C(OH)–C–C–N with tert-alkyl or cyclic N) is 1. The van der Waals surface area contributed by atoms with Crippen molar-refractivity contribution in [2.45, 2.75) is 38.7 Å². The smallest absolute Gasteiger partial charge is 0.0851 e. The van der Waals surface area contributed by atoms with E-state index in [0.717, 1.165) is 56.0 Å². The molecule has 2 aromatic carbocycles. The summed E-state index contributed by atoms with van der Waals surface area (Å²) in [6.07, 6.45) is 5.52. The van der Waals surface area contributed by atoms with Crippen molar-refractivity contribution in [2.24, 2.45) is 0 Å². The molecule has 0 bridgehead atoms. The lowest BCUT2D eigenvalue weighted by Crippen LogP contribution is -2.48. The van der Waals surface area contributed by atoms with Crippen LogP contribution in [0.15, 0.2) is 60.8 Å². The number of hydrogen-bond donors (Lipinski definition) is 2. The van der Waals surface area contributed by atoms with Gasteiger partial charge in [-0.3, -0.25) is 4.90 Å². The van der Waals surface area contributed by atoms with Crippen LogP contribution >= 0.6 is 0 Å². The van der Waals surface area contributed by atoms with E-state index >= 15 is 0 Å². The molecule has 164 valence electrons. The summed E-state index contributed by atoms with van der Waals surface area (Å²) in [4.78, 5) is 4.80. The van der Waals surface area contributed by atoms with Crippen LogP contribution in [0, 0.1) is 0 Å². The minimum atomic E-state index is -0.453. The fraction of sp³-hybridized carbons (Fsp3) is 0.407. The van der Waals surface area contributed by atoms with Crippen molar-refractivity contribution in [3.05, 3.63) is 77.5 Å². The molecule has 4 heteroatoms. The molecule has 2 heterocycles. The molecule has 0 aliphatic carbocycles. The number of nitrogens with one attached hydrogen (secondary N) is 1. The number of nitrogens with zero attached hydrogens (tertiary/aromatic N) is 2. The van der Waals surface area contributed by atoms with E-state index in [2.05, 4.69) is 78.0 Å². The molecule has 2 aromatic rings. The zero-order valence-electron chi connectivity index (χ0n) is 18.8. The molecule has 0 spiro atoms. The van der Waals surface area contributed by atoms with Crippen LogP contribution in [0.5, 0.6) is 0 Å². The second-order valence-electron chi connectivity index (χ2n) is 9.11. The summed E-state index contributed by atoms with van der Waals surface area (Å²) in [6, 6.07) is 15.4. The van der Waals surface area contributed by atoms with E-state index in [4.69, 9.17) is 0 Å². The first-order chi connectivity index (χ1) is 15.0. The van der Waals surface area contributed by atoms with Gasteiger partial charge in [-0.15, -0.1) is 0 Å². The molecule has 0 amide bonds. The highest BCUT2D eigenvalue weighted by Crippen LogP contribution is 2.27. The van der Waals surface area contributed by atoms with Gasteiger partial charge in [0.2, 0.25) is 0 Å². The van der Waals surface area contributed by atoms with Crippen molar-refractivity contribution in [3.63, 3.8) is 0 Å². The third kappa shape index (κ3) is 5.57. The van der Waals surface area contributed by atoms with Gasteiger partial charge in [-0.25, -0.2) is 0 Å². The van der Waals surface area contributed by atoms with Crippen molar-refractivity contribution in [1.29, 1.82) is 0 Å². The topological polar surface area (TPSA) is 38.7 Å². The number of fused-ring (bicyclic) bond motifs is 1. The van der Waals surface area contributed by atoms with Crippen LogP contribution in [0.3, 0.4) is 0 Å². The molecule has 4 rings (SSSR count). The minimum absolute atomic E-state index is 0.453. The molecular formula is C27H35N3O. The Morgan fingerprint density at radius 2 is 1.77 bits per heavy atom. The lowest BCUT2D eigenvalue weighted by molar-refractivity contribution is 0.142. The van der Waals surface area contributed by atoms with Gasteiger partial charge >= 0.3 is 0 Å².